The number of nitro groups is 1. The van der Waals surface area contributed by atoms with Crippen LogP contribution in [0.25, 0.3) is 0 Å². The molecule has 1 atom stereocenters. The summed E-state index contributed by atoms with van der Waals surface area (Å²) in [7, 11) is -4.11. The second kappa shape index (κ2) is 11.0. The zero-order chi connectivity index (χ0) is 28.3. The summed E-state index contributed by atoms with van der Waals surface area (Å²) in [6.45, 7) is 9.21. The summed E-state index contributed by atoms with van der Waals surface area (Å²) >= 11 is 0. The predicted octanol–water partition coefficient (Wildman–Crippen LogP) is 5.19. The summed E-state index contributed by atoms with van der Waals surface area (Å²) in [6.07, 6.45) is -1.08. The Labute approximate surface area is 221 Å². The van der Waals surface area contributed by atoms with E-state index in [2.05, 4.69) is 30.8 Å². The van der Waals surface area contributed by atoms with Crippen molar-refractivity contribution in [1.82, 2.24) is 0 Å². The number of esters is 1. The summed E-state index contributed by atoms with van der Waals surface area (Å²) < 4.78 is 32.9. The molecule has 2 N–H and O–H groups in total. The Balaban J connectivity index is 1.62. The van der Waals surface area contributed by atoms with Gasteiger partial charge in [-0.1, -0.05) is 39.0 Å². The van der Waals surface area contributed by atoms with E-state index in [-0.39, 0.29) is 27.2 Å². The average molecular weight is 540 g/mol. The lowest BCUT2D eigenvalue weighted by atomic mass is 9.87. The lowest BCUT2D eigenvalue weighted by molar-refractivity contribution is -0.385. The van der Waals surface area contributed by atoms with Gasteiger partial charge in [-0.15, -0.1) is 0 Å². The van der Waals surface area contributed by atoms with Crippen LogP contribution in [-0.2, 0) is 25.0 Å². The Bertz CT molecular complexity index is 1460. The summed E-state index contributed by atoms with van der Waals surface area (Å²) in [5, 5.41) is 13.8. The van der Waals surface area contributed by atoms with Gasteiger partial charge in [0, 0.05) is 23.0 Å². The minimum absolute atomic E-state index is 0.0258. The molecule has 0 aliphatic heterocycles. The zero-order valence-electron chi connectivity index (χ0n) is 21.6. The minimum atomic E-state index is -4.11. The van der Waals surface area contributed by atoms with E-state index in [0.717, 1.165) is 11.6 Å². The van der Waals surface area contributed by atoms with E-state index in [0.29, 0.717) is 11.3 Å². The second-order valence-corrected chi connectivity index (χ2v) is 11.4. The van der Waals surface area contributed by atoms with Gasteiger partial charge in [-0.2, -0.15) is 0 Å². The van der Waals surface area contributed by atoms with Crippen molar-refractivity contribution in [3.8, 4) is 0 Å². The van der Waals surface area contributed by atoms with Crippen LogP contribution in [0, 0.1) is 17.0 Å². The summed E-state index contributed by atoms with van der Waals surface area (Å²) in [6, 6.07) is 16.4. The Morgan fingerprint density at radius 2 is 1.53 bits per heavy atom. The molecule has 0 aliphatic rings. The lowest BCUT2D eigenvalue weighted by Crippen LogP contribution is -2.30. The van der Waals surface area contributed by atoms with E-state index in [1.165, 1.54) is 50.2 Å². The number of anilines is 2. The van der Waals surface area contributed by atoms with Crippen LogP contribution in [0.2, 0.25) is 0 Å². The fourth-order valence-corrected chi connectivity index (χ4v) is 4.50. The van der Waals surface area contributed by atoms with Gasteiger partial charge in [0.25, 0.3) is 21.6 Å². The van der Waals surface area contributed by atoms with Crippen molar-refractivity contribution in [3.05, 3.63) is 93.5 Å². The monoisotopic (exact) mass is 539 g/mol. The van der Waals surface area contributed by atoms with Crippen molar-refractivity contribution < 1.29 is 27.7 Å². The average Bonchev–Trinajstić information content (AvgIpc) is 2.83. The van der Waals surface area contributed by atoms with Gasteiger partial charge >= 0.3 is 5.97 Å². The topological polar surface area (TPSA) is 145 Å². The molecule has 0 fully saturated rings. The number of sulfonamides is 1. The number of hydrogen-bond donors (Lipinski definition) is 2. The van der Waals surface area contributed by atoms with Crippen LogP contribution in [-0.4, -0.2) is 31.3 Å². The number of nitro benzene ring substituents is 1. The number of nitrogens with one attached hydrogen (secondary N) is 2. The number of benzene rings is 3. The van der Waals surface area contributed by atoms with Crippen molar-refractivity contribution in [2.24, 2.45) is 0 Å². The highest BCUT2D eigenvalue weighted by atomic mass is 32.2. The van der Waals surface area contributed by atoms with Gasteiger partial charge in [0.15, 0.2) is 6.10 Å². The van der Waals surface area contributed by atoms with Gasteiger partial charge in [0.2, 0.25) is 0 Å². The summed E-state index contributed by atoms with van der Waals surface area (Å²) in [4.78, 5) is 35.2. The van der Waals surface area contributed by atoms with Crippen LogP contribution in [0.5, 0.6) is 0 Å². The van der Waals surface area contributed by atoms with Crippen molar-refractivity contribution in [3.63, 3.8) is 0 Å². The van der Waals surface area contributed by atoms with Gasteiger partial charge in [-0.3, -0.25) is 19.6 Å². The first-order chi connectivity index (χ1) is 17.7. The Hall–Kier alpha value is -4.25. The Morgan fingerprint density at radius 3 is 2.08 bits per heavy atom. The molecule has 38 heavy (non-hydrogen) atoms. The molecule has 1 amide bonds. The van der Waals surface area contributed by atoms with Crippen LogP contribution >= 0.6 is 0 Å². The normalized spacial score (nSPS) is 12.3. The van der Waals surface area contributed by atoms with E-state index in [1.54, 1.807) is 12.1 Å². The number of nitrogens with zero attached hydrogens (tertiary/aromatic N) is 1. The third kappa shape index (κ3) is 6.94. The molecule has 0 saturated carbocycles. The zero-order valence-corrected chi connectivity index (χ0v) is 22.5. The minimum Gasteiger partial charge on any atom is -0.449 e. The number of hydrogen-bond acceptors (Lipinski definition) is 7. The van der Waals surface area contributed by atoms with Crippen LogP contribution < -0.4 is 10.0 Å². The molecule has 10 nitrogen and oxygen atoms in total. The highest BCUT2D eigenvalue weighted by Crippen LogP contribution is 2.25. The van der Waals surface area contributed by atoms with Gasteiger partial charge in [0.05, 0.1) is 15.4 Å². The molecule has 0 spiro atoms. The van der Waals surface area contributed by atoms with Crippen molar-refractivity contribution >= 4 is 39.0 Å². The van der Waals surface area contributed by atoms with Crippen molar-refractivity contribution in [1.29, 1.82) is 0 Å². The SMILES string of the molecule is Cc1ccc(S(=O)(=O)Nc2ccc(C(=O)O[C@H](C)C(=O)Nc3ccc(C(C)(C)C)cc3)cc2)cc1[N+](=O)[O-]. The molecule has 0 aromatic heterocycles. The summed E-state index contributed by atoms with van der Waals surface area (Å²) in [5.41, 5.74) is 1.91. The fourth-order valence-electron chi connectivity index (χ4n) is 3.42. The van der Waals surface area contributed by atoms with Crippen LogP contribution in [0.1, 0.15) is 49.2 Å². The molecule has 3 aromatic rings. The number of carbonyl (C=O) groups is 2. The first kappa shape index (κ1) is 28.3. The van der Waals surface area contributed by atoms with Crippen molar-refractivity contribution in [2.45, 2.75) is 51.0 Å². The van der Waals surface area contributed by atoms with E-state index < -0.39 is 32.9 Å². The number of carbonyl (C=O) groups excluding carboxylic acids is 2. The molecule has 0 unspecified atom stereocenters. The van der Waals surface area contributed by atoms with E-state index in [9.17, 15) is 28.1 Å². The van der Waals surface area contributed by atoms with Crippen LogP contribution in [0.3, 0.4) is 0 Å². The molecule has 200 valence electrons. The van der Waals surface area contributed by atoms with Gasteiger partial charge in [-0.25, -0.2) is 13.2 Å². The number of aryl methyl sites for hydroxylation is 1. The molecule has 0 bridgehead atoms. The lowest BCUT2D eigenvalue weighted by Gasteiger charge is -2.19. The molecule has 3 aromatic carbocycles. The Morgan fingerprint density at radius 1 is 0.947 bits per heavy atom. The Kier molecular flexibility index (Phi) is 8.21. The maximum Gasteiger partial charge on any atom is 0.338 e. The molecular formula is C27H29N3O7S. The third-order valence-electron chi connectivity index (χ3n) is 5.73. The molecule has 0 aliphatic carbocycles. The highest BCUT2D eigenvalue weighted by Gasteiger charge is 2.22. The quantitative estimate of drug-likeness (QED) is 0.228. The number of ether oxygens (including phenoxy) is 1. The molecule has 0 radical (unpaired) electrons. The fraction of sp³-hybridized carbons (Fsp3) is 0.259. The number of amides is 1. The molecular weight excluding hydrogens is 510 g/mol. The molecule has 0 saturated heterocycles. The molecule has 11 heteroatoms. The largest absolute Gasteiger partial charge is 0.449 e. The number of rotatable bonds is 8. The van der Waals surface area contributed by atoms with E-state index >= 15 is 0 Å². The van der Waals surface area contributed by atoms with Gasteiger partial charge in [0.1, 0.15) is 0 Å². The maximum absolute atomic E-state index is 12.7. The predicted molar refractivity (Wildman–Crippen MR) is 144 cm³/mol. The first-order valence-electron chi connectivity index (χ1n) is 11.7. The molecule has 3 rings (SSSR count). The van der Waals surface area contributed by atoms with Crippen LogP contribution in [0.15, 0.2) is 71.6 Å². The van der Waals surface area contributed by atoms with Crippen molar-refractivity contribution in [2.75, 3.05) is 10.0 Å². The molecule has 0 heterocycles. The maximum atomic E-state index is 12.7. The third-order valence-corrected chi connectivity index (χ3v) is 7.11. The van der Waals surface area contributed by atoms with E-state index in [4.69, 9.17) is 4.74 Å². The second-order valence-electron chi connectivity index (χ2n) is 9.75. The first-order valence-corrected chi connectivity index (χ1v) is 13.2. The van der Waals surface area contributed by atoms with Gasteiger partial charge in [-0.05, 0) is 67.3 Å². The standard InChI is InChI=1S/C27H29N3O7S/c1-17-6-15-23(16-24(17)30(33)34)38(35,36)29-22-11-7-19(8-12-22)26(32)37-18(2)25(31)28-21-13-9-20(10-14-21)27(3,4)5/h6-16,18,29H,1-5H3,(H,28,31)/t18-/m1/s1. The summed E-state index contributed by atoms with van der Waals surface area (Å²) in [5.74, 6) is -1.27. The highest BCUT2D eigenvalue weighted by molar-refractivity contribution is 7.92. The smallest absolute Gasteiger partial charge is 0.338 e. The van der Waals surface area contributed by atoms with Crippen LogP contribution in [0.4, 0.5) is 17.1 Å². The van der Waals surface area contributed by atoms with E-state index in [1.807, 2.05) is 12.1 Å². The van der Waals surface area contributed by atoms with Gasteiger partial charge < -0.3 is 10.1 Å².